The maximum atomic E-state index is 9.00. The van der Waals surface area contributed by atoms with Crippen LogP contribution in [-0.2, 0) is 6.54 Å². The van der Waals surface area contributed by atoms with Crippen molar-refractivity contribution >= 4 is 23.5 Å². The van der Waals surface area contributed by atoms with Crippen LogP contribution in [0, 0.1) is 0 Å². The maximum absolute atomic E-state index is 9.00. The summed E-state index contributed by atoms with van der Waals surface area (Å²) in [7, 11) is 0. The fraction of sp³-hybridized carbons (Fsp3) is 0.800. The van der Waals surface area contributed by atoms with Crippen molar-refractivity contribution in [1.29, 1.82) is 0 Å². The number of thioether (sulfide) groups is 2. The first-order valence-corrected chi connectivity index (χ1v) is 10.2. The minimum absolute atomic E-state index is 0.161. The second kappa shape index (κ2) is 7.90. The van der Waals surface area contributed by atoms with Gasteiger partial charge in [-0.1, -0.05) is 0 Å². The van der Waals surface area contributed by atoms with Gasteiger partial charge in [0.05, 0.1) is 18.8 Å². The van der Waals surface area contributed by atoms with Gasteiger partial charge >= 0.3 is 0 Å². The maximum Gasteiger partial charge on any atom is 0.0668 e. The Kier molecular flexibility index (Phi) is 5.91. The predicted molar refractivity (Wildman–Crippen MR) is 91.3 cm³/mol. The Morgan fingerprint density at radius 3 is 2.86 bits per heavy atom. The second-order valence-corrected chi connectivity index (χ2v) is 8.16. The van der Waals surface area contributed by atoms with Crippen molar-refractivity contribution in [2.45, 2.75) is 31.3 Å². The lowest BCUT2D eigenvalue weighted by molar-refractivity contribution is 0.171. The van der Waals surface area contributed by atoms with Gasteiger partial charge in [0.15, 0.2) is 0 Å². The van der Waals surface area contributed by atoms with Crippen molar-refractivity contribution in [2.75, 3.05) is 42.7 Å². The number of aliphatic hydroxyl groups excluding tert-OH is 1. The number of piperidine rings is 1. The SMILES string of the molecule is OCCn1ccc([C@H]2CCCN(C3CSCCSC3)C2)n1. The zero-order valence-corrected chi connectivity index (χ0v) is 14.1. The van der Waals surface area contributed by atoms with Crippen LogP contribution in [0.3, 0.4) is 0 Å². The van der Waals surface area contributed by atoms with Crippen LogP contribution in [0.5, 0.6) is 0 Å². The molecule has 1 N–H and O–H groups in total. The molecule has 1 aromatic heterocycles. The highest BCUT2D eigenvalue weighted by molar-refractivity contribution is 8.03. The third-order valence-corrected chi connectivity index (χ3v) is 6.86. The van der Waals surface area contributed by atoms with E-state index in [1.165, 1.54) is 48.1 Å². The van der Waals surface area contributed by atoms with Gasteiger partial charge in [-0.15, -0.1) is 0 Å². The molecule has 2 saturated heterocycles. The van der Waals surface area contributed by atoms with Gasteiger partial charge in [-0.3, -0.25) is 9.58 Å². The van der Waals surface area contributed by atoms with E-state index in [4.69, 9.17) is 5.11 Å². The zero-order valence-electron chi connectivity index (χ0n) is 12.5. The first kappa shape index (κ1) is 15.7. The molecule has 0 bridgehead atoms. The topological polar surface area (TPSA) is 41.3 Å². The summed E-state index contributed by atoms with van der Waals surface area (Å²) in [5, 5.41) is 13.6. The quantitative estimate of drug-likeness (QED) is 0.915. The van der Waals surface area contributed by atoms with Gasteiger partial charge < -0.3 is 5.11 Å². The van der Waals surface area contributed by atoms with Crippen molar-refractivity contribution in [3.63, 3.8) is 0 Å². The number of aromatic nitrogens is 2. The molecule has 2 aliphatic rings. The molecule has 6 heteroatoms. The number of hydrogen-bond donors (Lipinski definition) is 1. The smallest absolute Gasteiger partial charge is 0.0668 e. The van der Waals surface area contributed by atoms with Crippen LogP contribution in [0.2, 0.25) is 0 Å². The summed E-state index contributed by atoms with van der Waals surface area (Å²) < 4.78 is 1.87. The summed E-state index contributed by atoms with van der Waals surface area (Å²) >= 11 is 4.23. The van der Waals surface area contributed by atoms with Crippen LogP contribution in [0.25, 0.3) is 0 Å². The molecule has 0 amide bonds. The Labute approximate surface area is 135 Å². The van der Waals surface area contributed by atoms with Gasteiger partial charge in [0.1, 0.15) is 0 Å². The monoisotopic (exact) mass is 327 g/mol. The first-order chi connectivity index (χ1) is 10.4. The molecule has 0 aromatic carbocycles. The summed E-state index contributed by atoms with van der Waals surface area (Å²) in [6.45, 7) is 3.17. The van der Waals surface area contributed by atoms with Gasteiger partial charge in [0.25, 0.3) is 0 Å². The number of hydrogen-bond acceptors (Lipinski definition) is 5. The lowest BCUT2D eigenvalue weighted by Gasteiger charge is -2.37. The van der Waals surface area contributed by atoms with Crippen LogP contribution < -0.4 is 0 Å². The molecule has 0 spiro atoms. The fourth-order valence-electron chi connectivity index (χ4n) is 3.22. The average molecular weight is 328 g/mol. The second-order valence-electron chi connectivity index (χ2n) is 5.87. The largest absolute Gasteiger partial charge is 0.394 e. The van der Waals surface area contributed by atoms with E-state index in [1.807, 2.05) is 10.9 Å². The van der Waals surface area contributed by atoms with E-state index in [0.717, 1.165) is 12.6 Å². The molecular formula is C15H25N3OS2. The van der Waals surface area contributed by atoms with Crippen molar-refractivity contribution in [1.82, 2.24) is 14.7 Å². The van der Waals surface area contributed by atoms with Crippen LogP contribution in [0.1, 0.15) is 24.5 Å². The molecule has 0 radical (unpaired) electrons. The first-order valence-electron chi connectivity index (χ1n) is 7.90. The van der Waals surface area contributed by atoms with E-state index in [9.17, 15) is 0 Å². The Morgan fingerprint density at radius 1 is 1.29 bits per heavy atom. The van der Waals surface area contributed by atoms with E-state index in [2.05, 4.69) is 39.6 Å². The molecule has 0 unspecified atom stereocenters. The lowest BCUT2D eigenvalue weighted by Crippen LogP contribution is -2.44. The minimum Gasteiger partial charge on any atom is -0.394 e. The lowest BCUT2D eigenvalue weighted by atomic mass is 9.94. The summed E-state index contributed by atoms with van der Waals surface area (Å²) in [5.74, 6) is 5.77. The van der Waals surface area contributed by atoms with Crippen molar-refractivity contribution in [3.05, 3.63) is 18.0 Å². The van der Waals surface area contributed by atoms with Crippen LogP contribution >= 0.6 is 23.5 Å². The Bertz CT molecular complexity index is 432. The predicted octanol–water partition coefficient (Wildman–Crippen LogP) is 1.90. The standard InChI is InChI=1S/C15H25N3OS2/c19-7-6-18-5-3-15(16-18)13-2-1-4-17(10-13)14-11-20-8-9-21-12-14/h3,5,13-14,19H,1-2,4,6-12H2/t13-/m0/s1. The van der Waals surface area contributed by atoms with Gasteiger partial charge in [0, 0.05) is 47.7 Å². The zero-order chi connectivity index (χ0) is 14.5. The normalized spacial score (nSPS) is 25.9. The van der Waals surface area contributed by atoms with Crippen molar-refractivity contribution in [3.8, 4) is 0 Å². The molecule has 118 valence electrons. The van der Waals surface area contributed by atoms with E-state index in [1.54, 1.807) is 0 Å². The summed E-state index contributed by atoms with van der Waals surface area (Å²) in [4.78, 5) is 2.70. The molecule has 1 aromatic rings. The van der Waals surface area contributed by atoms with Gasteiger partial charge in [-0.2, -0.15) is 28.6 Å². The number of rotatable bonds is 4. The highest BCUT2D eigenvalue weighted by Crippen LogP contribution is 2.29. The summed E-state index contributed by atoms with van der Waals surface area (Å²) in [6, 6.07) is 2.88. The molecule has 3 heterocycles. The van der Waals surface area contributed by atoms with E-state index < -0.39 is 0 Å². The van der Waals surface area contributed by atoms with Crippen LogP contribution in [0.4, 0.5) is 0 Å². The number of nitrogens with zero attached hydrogens (tertiary/aromatic N) is 3. The number of aliphatic hydroxyl groups is 1. The average Bonchev–Trinajstić information content (AvgIpc) is 2.82. The Balaban J connectivity index is 1.61. The summed E-state index contributed by atoms with van der Waals surface area (Å²) in [5.41, 5.74) is 1.21. The molecule has 0 saturated carbocycles. The third kappa shape index (κ3) is 4.18. The molecule has 2 aliphatic heterocycles. The molecule has 4 nitrogen and oxygen atoms in total. The van der Waals surface area contributed by atoms with E-state index in [0.29, 0.717) is 12.5 Å². The van der Waals surface area contributed by atoms with Gasteiger partial charge in [-0.25, -0.2) is 0 Å². The highest BCUT2D eigenvalue weighted by atomic mass is 32.2. The third-order valence-electron chi connectivity index (χ3n) is 4.37. The Hall–Kier alpha value is -0.170. The fourth-order valence-corrected chi connectivity index (χ4v) is 5.84. The molecule has 2 fully saturated rings. The van der Waals surface area contributed by atoms with Crippen LogP contribution in [-0.4, -0.2) is 68.5 Å². The van der Waals surface area contributed by atoms with E-state index in [-0.39, 0.29) is 6.61 Å². The molecule has 0 aliphatic carbocycles. The van der Waals surface area contributed by atoms with E-state index >= 15 is 0 Å². The molecular weight excluding hydrogens is 302 g/mol. The van der Waals surface area contributed by atoms with Gasteiger partial charge in [-0.05, 0) is 25.5 Å². The highest BCUT2D eigenvalue weighted by Gasteiger charge is 2.28. The summed E-state index contributed by atoms with van der Waals surface area (Å²) in [6.07, 6.45) is 4.53. The molecule has 1 atom stereocenters. The number of likely N-dealkylation sites (tertiary alicyclic amines) is 1. The minimum atomic E-state index is 0.161. The van der Waals surface area contributed by atoms with Crippen molar-refractivity contribution < 1.29 is 5.11 Å². The van der Waals surface area contributed by atoms with Crippen LogP contribution in [0.15, 0.2) is 12.3 Å². The van der Waals surface area contributed by atoms with Crippen molar-refractivity contribution in [2.24, 2.45) is 0 Å². The van der Waals surface area contributed by atoms with Gasteiger partial charge in [0.2, 0.25) is 0 Å². The molecule has 21 heavy (non-hydrogen) atoms. The molecule has 3 rings (SSSR count). The Morgan fingerprint density at radius 2 is 2.10 bits per heavy atom.